The number of nitrogens with one attached hydrogen (secondary N) is 1. The van der Waals surface area contributed by atoms with Crippen LogP contribution in [0, 0.1) is 6.92 Å². The van der Waals surface area contributed by atoms with E-state index in [0.717, 1.165) is 4.88 Å². The Labute approximate surface area is 167 Å². The molecule has 0 aliphatic heterocycles. The van der Waals surface area contributed by atoms with Gasteiger partial charge in [-0.25, -0.2) is 0 Å². The van der Waals surface area contributed by atoms with Crippen LogP contribution in [0.3, 0.4) is 0 Å². The van der Waals surface area contributed by atoms with E-state index in [1.165, 1.54) is 4.57 Å². The summed E-state index contributed by atoms with van der Waals surface area (Å²) >= 11 is 1.56. The topological polar surface area (TPSA) is 69.6 Å². The standard InChI is InChI=1S/C21H22N2O4S/c1-14-10-11-23(15-7-4-5-8-16(15)26-2)21(25)19(14)20(24)22-13-17(27-3)18-9-6-12-28-18/h4-12,17H,13H2,1-3H3,(H,22,24). The van der Waals surface area contributed by atoms with Gasteiger partial charge in [0, 0.05) is 24.7 Å². The van der Waals surface area contributed by atoms with Crippen LogP contribution in [-0.2, 0) is 4.74 Å². The molecule has 1 N–H and O–H groups in total. The van der Waals surface area contributed by atoms with Crippen molar-refractivity contribution in [3.8, 4) is 11.4 Å². The van der Waals surface area contributed by atoms with E-state index < -0.39 is 11.5 Å². The van der Waals surface area contributed by atoms with Gasteiger partial charge in [-0.05, 0) is 42.1 Å². The summed E-state index contributed by atoms with van der Waals surface area (Å²) in [5, 5.41) is 4.78. The van der Waals surface area contributed by atoms with Gasteiger partial charge in [-0.3, -0.25) is 14.2 Å². The average molecular weight is 398 g/mol. The first-order valence-electron chi connectivity index (χ1n) is 8.76. The number of carbonyl (C=O) groups is 1. The van der Waals surface area contributed by atoms with Crippen LogP contribution < -0.4 is 15.6 Å². The minimum Gasteiger partial charge on any atom is -0.495 e. The summed E-state index contributed by atoms with van der Waals surface area (Å²) in [6, 6.07) is 12.8. The van der Waals surface area contributed by atoms with Crippen LogP contribution >= 0.6 is 11.3 Å². The number of para-hydroxylation sites is 2. The number of methoxy groups -OCH3 is 2. The van der Waals surface area contributed by atoms with Gasteiger partial charge in [0.2, 0.25) is 0 Å². The Morgan fingerprint density at radius 2 is 1.96 bits per heavy atom. The molecule has 7 heteroatoms. The molecule has 0 saturated heterocycles. The van der Waals surface area contributed by atoms with Gasteiger partial charge in [0.05, 0.1) is 12.8 Å². The number of rotatable bonds is 7. The Morgan fingerprint density at radius 1 is 1.18 bits per heavy atom. The molecule has 0 spiro atoms. The molecule has 0 bridgehead atoms. The third-order valence-corrected chi connectivity index (χ3v) is 5.43. The van der Waals surface area contributed by atoms with Crippen molar-refractivity contribution in [2.45, 2.75) is 13.0 Å². The summed E-state index contributed by atoms with van der Waals surface area (Å²) in [6.45, 7) is 2.02. The first-order chi connectivity index (χ1) is 13.6. The normalized spacial score (nSPS) is 11.8. The van der Waals surface area contributed by atoms with Gasteiger partial charge in [-0.2, -0.15) is 0 Å². The van der Waals surface area contributed by atoms with Crippen molar-refractivity contribution in [3.05, 3.63) is 80.4 Å². The Hall–Kier alpha value is -2.90. The Balaban J connectivity index is 1.89. The first kappa shape index (κ1) is 19.9. The quantitative estimate of drug-likeness (QED) is 0.663. The third-order valence-electron chi connectivity index (χ3n) is 4.47. The summed E-state index contributed by atoms with van der Waals surface area (Å²) in [5.41, 5.74) is 0.901. The van der Waals surface area contributed by atoms with Crippen LogP contribution in [0.5, 0.6) is 5.75 Å². The van der Waals surface area contributed by atoms with Crippen molar-refractivity contribution < 1.29 is 14.3 Å². The first-order valence-corrected chi connectivity index (χ1v) is 9.64. The van der Waals surface area contributed by atoms with E-state index in [1.807, 2.05) is 29.6 Å². The lowest BCUT2D eigenvalue weighted by Gasteiger charge is -2.16. The second-order valence-electron chi connectivity index (χ2n) is 6.17. The van der Waals surface area contributed by atoms with E-state index in [9.17, 15) is 9.59 Å². The highest BCUT2D eigenvalue weighted by Crippen LogP contribution is 2.22. The lowest BCUT2D eigenvalue weighted by Crippen LogP contribution is -2.35. The summed E-state index contributed by atoms with van der Waals surface area (Å²) < 4.78 is 12.2. The monoisotopic (exact) mass is 398 g/mol. The molecule has 0 radical (unpaired) electrons. The Morgan fingerprint density at radius 3 is 2.64 bits per heavy atom. The van der Waals surface area contributed by atoms with Crippen LogP contribution in [-0.4, -0.2) is 31.2 Å². The zero-order valence-corrected chi connectivity index (χ0v) is 16.8. The fraction of sp³-hybridized carbons (Fsp3) is 0.238. The molecule has 2 heterocycles. The maximum Gasteiger partial charge on any atom is 0.268 e. The summed E-state index contributed by atoms with van der Waals surface area (Å²) in [6.07, 6.45) is 1.39. The second-order valence-corrected chi connectivity index (χ2v) is 7.15. The van der Waals surface area contributed by atoms with Gasteiger partial charge < -0.3 is 14.8 Å². The third kappa shape index (κ3) is 4.00. The highest BCUT2D eigenvalue weighted by atomic mass is 32.1. The van der Waals surface area contributed by atoms with Gasteiger partial charge >= 0.3 is 0 Å². The maximum absolute atomic E-state index is 13.1. The van der Waals surface area contributed by atoms with Gasteiger partial charge in [-0.1, -0.05) is 18.2 Å². The number of amides is 1. The van der Waals surface area contributed by atoms with Crippen molar-refractivity contribution in [2.24, 2.45) is 0 Å². The molecule has 1 unspecified atom stereocenters. The molecule has 0 aliphatic rings. The van der Waals surface area contributed by atoms with E-state index in [1.54, 1.807) is 56.9 Å². The molecular formula is C21H22N2O4S. The van der Waals surface area contributed by atoms with Crippen molar-refractivity contribution in [1.82, 2.24) is 9.88 Å². The zero-order chi connectivity index (χ0) is 20.1. The predicted molar refractivity (Wildman–Crippen MR) is 110 cm³/mol. The zero-order valence-electron chi connectivity index (χ0n) is 16.0. The summed E-state index contributed by atoms with van der Waals surface area (Å²) in [4.78, 5) is 26.9. The molecule has 3 rings (SSSR count). The van der Waals surface area contributed by atoms with Crippen molar-refractivity contribution in [1.29, 1.82) is 0 Å². The number of benzene rings is 1. The molecule has 6 nitrogen and oxygen atoms in total. The number of nitrogens with zero attached hydrogens (tertiary/aromatic N) is 1. The maximum atomic E-state index is 13.1. The highest BCUT2D eigenvalue weighted by Gasteiger charge is 2.20. The number of hydrogen-bond donors (Lipinski definition) is 1. The van der Waals surface area contributed by atoms with Gasteiger partial charge in [0.15, 0.2) is 0 Å². The average Bonchev–Trinajstić information content (AvgIpc) is 3.23. The smallest absolute Gasteiger partial charge is 0.268 e. The molecule has 0 fully saturated rings. The second kappa shape index (κ2) is 8.86. The lowest BCUT2D eigenvalue weighted by atomic mass is 10.1. The number of carbonyl (C=O) groups excluding carboxylic acids is 1. The minimum absolute atomic E-state index is 0.106. The largest absolute Gasteiger partial charge is 0.495 e. The predicted octanol–water partition coefficient (Wildman–Crippen LogP) is 3.33. The molecule has 1 amide bonds. The van der Waals surface area contributed by atoms with Crippen molar-refractivity contribution >= 4 is 17.2 Å². The van der Waals surface area contributed by atoms with Gasteiger partial charge in [0.1, 0.15) is 17.4 Å². The van der Waals surface area contributed by atoms with Crippen LogP contribution in [0.1, 0.15) is 26.9 Å². The molecular weight excluding hydrogens is 376 g/mol. The SMILES string of the molecule is COc1ccccc1-n1ccc(C)c(C(=O)NCC(OC)c2cccs2)c1=O. The molecule has 3 aromatic rings. The molecule has 0 saturated carbocycles. The van der Waals surface area contributed by atoms with Crippen molar-refractivity contribution in [3.63, 3.8) is 0 Å². The van der Waals surface area contributed by atoms with E-state index in [2.05, 4.69) is 5.32 Å². The van der Waals surface area contributed by atoms with E-state index >= 15 is 0 Å². The van der Waals surface area contributed by atoms with Crippen LogP contribution in [0.2, 0.25) is 0 Å². The van der Waals surface area contributed by atoms with E-state index in [0.29, 0.717) is 17.0 Å². The number of pyridine rings is 1. The highest BCUT2D eigenvalue weighted by molar-refractivity contribution is 7.10. The molecule has 1 aromatic carbocycles. The Kier molecular flexibility index (Phi) is 6.28. The molecule has 2 aromatic heterocycles. The van der Waals surface area contributed by atoms with Gasteiger partial charge in [0.25, 0.3) is 11.5 Å². The van der Waals surface area contributed by atoms with Gasteiger partial charge in [-0.15, -0.1) is 11.3 Å². The summed E-state index contributed by atoms with van der Waals surface area (Å²) in [5.74, 6) is 0.127. The lowest BCUT2D eigenvalue weighted by molar-refractivity contribution is 0.0835. The number of ether oxygens (including phenoxy) is 2. The Bertz CT molecular complexity index is 1010. The number of aryl methyl sites for hydroxylation is 1. The molecule has 0 aliphatic carbocycles. The summed E-state index contributed by atoms with van der Waals surface area (Å²) in [7, 11) is 3.14. The minimum atomic E-state index is -0.426. The number of thiophene rings is 1. The van der Waals surface area contributed by atoms with E-state index in [4.69, 9.17) is 9.47 Å². The fourth-order valence-electron chi connectivity index (χ4n) is 2.97. The van der Waals surface area contributed by atoms with E-state index in [-0.39, 0.29) is 18.2 Å². The molecule has 146 valence electrons. The molecule has 1 atom stereocenters. The van der Waals surface area contributed by atoms with Crippen LogP contribution in [0.25, 0.3) is 5.69 Å². The molecule has 28 heavy (non-hydrogen) atoms. The number of hydrogen-bond acceptors (Lipinski definition) is 5. The fourth-order valence-corrected chi connectivity index (χ4v) is 3.77. The number of aromatic nitrogens is 1. The van der Waals surface area contributed by atoms with Crippen molar-refractivity contribution in [2.75, 3.05) is 20.8 Å². The van der Waals surface area contributed by atoms with Crippen LogP contribution in [0.15, 0.2) is 58.8 Å². The van der Waals surface area contributed by atoms with Crippen LogP contribution in [0.4, 0.5) is 0 Å².